The van der Waals surface area contributed by atoms with Crippen molar-refractivity contribution in [3.63, 3.8) is 0 Å². The smallest absolute Gasteiger partial charge is 0.350 e. The normalized spacial score (nSPS) is 17.3. The first-order chi connectivity index (χ1) is 20.9. The van der Waals surface area contributed by atoms with Gasteiger partial charge in [0.05, 0.1) is 27.5 Å². The summed E-state index contributed by atoms with van der Waals surface area (Å²) in [5.74, 6) is -0.170. The average Bonchev–Trinajstić information content (AvgIpc) is 3.82. The fourth-order valence-corrected chi connectivity index (χ4v) is 6.96. The van der Waals surface area contributed by atoms with Crippen LogP contribution in [0.3, 0.4) is 0 Å². The molecular formula is C32H33ClFN6O3P. The van der Waals surface area contributed by atoms with Crippen LogP contribution in [0.1, 0.15) is 36.9 Å². The molecule has 1 aliphatic carbocycles. The highest BCUT2D eigenvalue weighted by Crippen LogP contribution is 2.45. The molecule has 1 amide bonds. The Labute approximate surface area is 259 Å². The third-order valence-electron chi connectivity index (χ3n) is 8.25. The van der Waals surface area contributed by atoms with Gasteiger partial charge in [-0.2, -0.15) is 4.98 Å². The number of benzene rings is 1. The first-order valence-corrected chi connectivity index (χ1v) is 17.5. The number of hydrogen-bond acceptors (Lipinski definition) is 7. The van der Waals surface area contributed by atoms with E-state index in [1.54, 1.807) is 48.6 Å². The summed E-state index contributed by atoms with van der Waals surface area (Å²) in [4.78, 5) is 44.5. The third kappa shape index (κ3) is 5.35. The van der Waals surface area contributed by atoms with Gasteiger partial charge in [-0.1, -0.05) is 30.3 Å². The lowest BCUT2D eigenvalue weighted by Gasteiger charge is -2.40. The van der Waals surface area contributed by atoms with Crippen LogP contribution in [0.2, 0.25) is 5.02 Å². The minimum absolute atomic E-state index is 0.102. The number of fused-ring (bicyclic) bond motifs is 1. The van der Waals surface area contributed by atoms with E-state index in [0.717, 1.165) is 12.8 Å². The molecule has 6 rings (SSSR count). The number of halogens is 2. The van der Waals surface area contributed by atoms with Gasteiger partial charge in [0, 0.05) is 37.2 Å². The van der Waals surface area contributed by atoms with Crippen LogP contribution in [-0.2, 0) is 9.36 Å². The first-order valence-electron chi connectivity index (χ1n) is 14.5. The number of aryl methyl sites for hydroxylation is 1. The maximum absolute atomic E-state index is 15.0. The van der Waals surface area contributed by atoms with E-state index in [1.807, 2.05) is 18.7 Å². The van der Waals surface area contributed by atoms with Gasteiger partial charge >= 0.3 is 5.69 Å². The number of hydrogen-bond donors (Lipinski definition) is 0. The molecule has 0 spiro atoms. The van der Waals surface area contributed by atoms with Crippen molar-refractivity contribution in [1.82, 2.24) is 24.4 Å². The number of pyridine rings is 2. The van der Waals surface area contributed by atoms with E-state index in [4.69, 9.17) is 21.6 Å². The van der Waals surface area contributed by atoms with Gasteiger partial charge in [-0.25, -0.2) is 23.7 Å². The maximum Gasteiger partial charge on any atom is 0.355 e. The third-order valence-corrected chi connectivity index (χ3v) is 9.87. The van der Waals surface area contributed by atoms with E-state index in [0.29, 0.717) is 53.2 Å². The summed E-state index contributed by atoms with van der Waals surface area (Å²) in [7, 11) is -2.69. The summed E-state index contributed by atoms with van der Waals surface area (Å²) >= 11 is 6.80. The molecule has 228 valence electrons. The first kappa shape index (κ1) is 30.2. The van der Waals surface area contributed by atoms with Crippen molar-refractivity contribution in [1.29, 1.82) is 0 Å². The Balaban J connectivity index is 1.64. The molecule has 4 aromatic rings. The second-order valence-electron chi connectivity index (χ2n) is 11.9. The van der Waals surface area contributed by atoms with Gasteiger partial charge in [0.15, 0.2) is 5.65 Å². The Hall–Kier alpha value is -3.88. The number of amides is 1. The van der Waals surface area contributed by atoms with Gasteiger partial charge in [-0.3, -0.25) is 4.79 Å². The molecule has 1 aliphatic heterocycles. The Kier molecular flexibility index (Phi) is 7.70. The van der Waals surface area contributed by atoms with E-state index in [9.17, 15) is 14.2 Å². The number of rotatable bonds is 6. The molecule has 12 heteroatoms. The van der Waals surface area contributed by atoms with Crippen LogP contribution in [0, 0.1) is 12.7 Å². The Morgan fingerprint density at radius 2 is 1.86 bits per heavy atom. The molecule has 1 aromatic carbocycles. The number of anilines is 1. The molecule has 1 saturated heterocycles. The zero-order chi connectivity index (χ0) is 31.5. The Bertz CT molecular complexity index is 1950. The second kappa shape index (κ2) is 11.2. The minimum Gasteiger partial charge on any atom is -0.350 e. The van der Waals surface area contributed by atoms with E-state index in [1.165, 1.54) is 16.7 Å². The predicted octanol–water partition coefficient (Wildman–Crippen LogP) is 5.29. The van der Waals surface area contributed by atoms with Crippen molar-refractivity contribution < 1.29 is 13.8 Å². The Morgan fingerprint density at radius 1 is 1.14 bits per heavy atom. The molecule has 4 heterocycles. The van der Waals surface area contributed by atoms with Crippen LogP contribution in [0.5, 0.6) is 0 Å². The lowest BCUT2D eigenvalue weighted by Crippen LogP contribution is -2.54. The highest BCUT2D eigenvalue weighted by Gasteiger charge is 2.34. The molecule has 9 nitrogen and oxygen atoms in total. The number of aromatic nitrogens is 4. The van der Waals surface area contributed by atoms with E-state index in [2.05, 4.69) is 11.6 Å². The van der Waals surface area contributed by atoms with Crippen molar-refractivity contribution >= 4 is 46.9 Å². The lowest BCUT2D eigenvalue weighted by atomic mass is 10.1. The van der Waals surface area contributed by atoms with Crippen molar-refractivity contribution in [2.45, 2.75) is 38.6 Å². The van der Waals surface area contributed by atoms with Crippen LogP contribution in [0.25, 0.3) is 28.0 Å². The molecule has 0 bridgehead atoms. The summed E-state index contributed by atoms with van der Waals surface area (Å²) in [6, 6.07) is 9.47. The maximum atomic E-state index is 15.0. The van der Waals surface area contributed by atoms with E-state index >= 15 is 4.39 Å². The minimum atomic E-state index is -2.69. The zero-order valence-electron chi connectivity index (χ0n) is 25.0. The van der Waals surface area contributed by atoms with Crippen LogP contribution in [0.15, 0.2) is 53.8 Å². The van der Waals surface area contributed by atoms with Crippen LogP contribution in [0.4, 0.5) is 10.2 Å². The monoisotopic (exact) mass is 634 g/mol. The standard InChI is InChI=1S/C32H33ClFN6O3P/c1-6-26(41)38-13-14-39(19(3)17-38)30-22-16-23(33)28(21-9-7-8-10-24(21)34)36-31(22)40(32(42)37-30)29-18(2)15-25(44(4,5)43)35-27(29)20-11-12-20/h6-10,15-16,19-20H,1,11-14,17H2,2-5H3/t19-/m0/s1. The molecule has 44 heavy (non-hydrogen) atoms. The summed E-state index contributed by atoms with van der Waals surface area (Å²) in [6.45, 7) is 12.0. The van der Waals surface area contributed by atoms with Gasteiger partial charge in [0.1, 0.15) is 24.2 Å². The van der Waals surface area contributed by atoms with Crippen molar-refractivity contribution in [3.8, 4) is 16.9 Å². The fraction of sp³-hybridized carbons (Fsp3) is 0.344. The van der Waals surface area contributed by atoms with Gasteiger partial charge in [-0.05, 0) is 75.9 Å². The molecular weight excluding hydrogens is 602 g/mol. The number of carbonyl (C=O) groups excluding carboxylic acids is 1. The molecule has 1 atom stereocenters. The highest BCUT2D eigenvalue weighted by molar-refractivity contribution is 7.69. The second-order valence-corrected chi connectivity index (χ2v) is 15.5. The molecule has 1 saturated carbocycles. The Morgan fingerprint density at radius 3 is 2.50 bits per heavy atom. The van der Waals surface area contributed by atoms with Crippen LogP contribution in [-0.4, -0.2) is 69.3 Å². The topological polar surface area (TPSA) is 101 Å². The van der Waals surface area contributed by atoms with Crippen molar-refractivity contribution in [2.75, 3.05) is 37.9 Å². The number of piperazine rings is 1. The molecule has 0 radical (unpaired) electrons. The van der Waals surface area contributed by atoms with Crippen molar-refractivity contribution in [2.24, 2.45) is 0 Å². The molecule has 0 N–H and O–H groups in total. The summed E-state index contributed by atoms with van der Waals surface area (Å²) in [5.41, 5.74) is 2.52. The van der Waals surface area contributed by atoms with Gasteiger partial charge < -0.3 is 14.4 Å². The fourth-order valence-electron chi connectivity index (χ4n) is 5.85. The SMILES string of the molecule is C=CC(=O)N1CCN(c2nc(=O)n(-c3c(C)cc(P(C)(C)=O)nc3C3CC3)c3nc(-c4ccccc4F)c(Cl)cc23)[C@@H](C)C1. The summed E-state index contributed by atoms with van der Waals surface area (Å²) in [5, 5.41) is 0.710. The molecule has 2 fully saturated rings. The van der Waals surface area contributed by atoms with E-state index < -0.39 is 18.6 Å². The van der Waals surface area contributed by atoms with Crippen LogP contribution >= 0.6 is 18.7 Å². The summed E-state index contributed by atoms with van der Waals surface area (Å²) in [6.07, 6.45) is 3.08. The van der Waals surface area contributed by atoms with Gasteiger partial charge in [0.25, 0.3) is 0 Å². The van der Waals surface area contributed by atoms with Gasteiger partial charge in [0.2, 0.25) is 5.91 Å². The molecule has 2 aliphatic rings. The summed E-state index contributed by atoms with van der Waals surface area (Å²) < 4.78 is 29.5. The quantitative estimate of drug-likeness (QED) is 0.210. The lowest BCUT2D eigenvalue weighted by molar-refractivity contribution is -0.126. The molecule has 3 aromatic heterocycles. The van der Waals surface area contributed by atoms with Crippen molar-refractivity contribution in [3.05, 3.63) is 81.6 Å². The predicted molar refractivity (Wildman–Crippen MR) is 173 cm³/mol. The number of carbonyl (C=O) groups is 1. The average molecular weight is 635 g/mol. The number of nitrogens with zero attached hydrogens (tertiary/aromatic N) is 6. The molecule has 0 unspecified atom stereocenters. The highest BCUT2D eigenvalue weighted by atomic mass is 35.5. The van der Waals surface area contributed by atoms with Gasteiger partial charge in [-0.15, -0.1) is 0 Å². The largest absolute Gasteiger partial charge is 0.355 e. The van der Waals surface area contributed by atoms with Crippen LogP contribution < -0.4 is 16.0 Å². The van der Waals surface area contributed by atoms with E-state index in [-0.39, 0.29) is 39.8 Å². The zero-order valence-corrected chi connectivity index (χ0v) is 26.7.